The van der Waals surface area contributed by atoms with E-state index in [0.29, 0.717) is 16.3 Å². The number of methoxy groups -OCH3 is 1. The molecule has 4 nitrogen and oxygen atoms in total. The Hall–Kier alpha value is -1.29. The molecule has 70 valence electrons. The molecule has 0 bridgehead atoms. The summed E-state index contributed by atoms with van der Waals surface area (Å²) >= 11 is 5.76. The first-order valence-electron chi connectivity index (χ1n) is 3.54. The zero-order valence-electron chi connectivity index (χ0n) is 7.20. The summed E-state index contributed by atoms with van der Waals surface area (Å²) in [5.41, 5.74) is 0.539. The highest BCUT2D eigenvalue weighted by Gasteiger charge is 2.14. The SMILES string of the molecule is COc1cc([N+](=O)[O-])c(C)cc1Cl. The molecule has 1 aromatic carbocycles. The molecular formula is C8H8ClNO3. The molecule has 0 atom stereocenters. The van der Waals surface area contributed by atoms with Gasteiger partial charge in [-0.25, -0.2) is 0 Å². The molecule has 0 radical (unpaired) electrons. The quantitative estimate of drug-likeness (QED) is 0.546. The van der Waals surface area contributed by atoms with E-state index in [2.05, 4.69) is 0 Å². The zero-order chi connectivity index (χ0) is 10.0. The molecule has 0 fully saturated rings. The Morgan fingerprint density at radius 2 is 2.15 bits per heavy atom. The molecule has 0 aliphatic heterocycles. The largest absolute Gasteiger partial charge is 0.495 e. The van der Waals surface area contributed by atoms with E-state index >= 15 is 0 Å². The Labute approximate surface area is 80.2 Å². The van der Waals surface area contributed by atoms with Crippen molar-refractivity contribution in [3.63, 3.8) is 0 Å². The highest BCUT2D eigenvalue weighted by atomic mass is 35.5. The fraction of sp³-hybridized carbons (Fsp3) is 0.250. The molecule has 0 amide bonds. The highest BCUT2D eigenvalue weighted by Crippen LogP contribution is 2.31. The molecule has 13 heavy (non-hydrogen) atoms. The van der Waals surface area contributed by atoms with Gasteiger partial charge in [0, 0.05) is 5.56 Å². The van der Waals surface area contributed by atoms with Crippen molar-refractivity contribution in [3.8, 4) is 5.75 Å². The van der Waals surface area contributed by atoms with Crippen LogP contribution in [0.3, 0.4) is 0 Å². The maximum atomic E-state index is 10.5. The van der Waals surface area contributed by atoms with E-state index in [0.717, 1.165) is 0 Å². The van der Waals surface area contributed by atoms with Crippen LogP contribution in [-0.4, -0.2) is 12.0 Å². The lowest BCUT2D eigenvalue weighted by Crippen LogP contribution is -1.93. The fourth-order valence-corrected chi connectivity index (χ4v) is 1.29. The van der Waals surface area contributed by atoms with E-state index in [9.17, 15) is 10.1 Å². The van der Waals surface area contributed by atoms with Crippen LogP contribution in [0.25, 0.3) is 0 Å². The summed E-state index contributed by atoms with van der Waals surface area (Å²) in [4.78, 5) is 10.0. The average molecular weight is 202 g/mol. The topological polar surface area (TPSA) is 52.4 Å². The summed E-state index contributed by atoms with van der Waals surface area (Å²) in [6.07, 6.45) is 0. The van der Waals surface area contributed by atoms with Crippen molar-refractivity contribution in [1.82, 2.24) is 0 Å². The summed E-state index contributed by atoms with van der Waals surface area (Å²) in [7, 11) is 1.42. The van der Waals surface area contributed by atoms with E-state index in [1.54, 1.807) is 6.92 Å². The molecule has 5 heteroatoms. The second kappa shape index (κ2) is 3.62. The second-order valence-electron chi connectivity index (χ2n) is 2.53. The summed E-state index contributed by atoms with van der Waals surface area (Å²) in [6.45, 7) is 1.63. The van der Waals surface area contributed by atoms with Gasteiger partial charge in [-0.3, -0.25) is 10.1 Å². The number of rotatable bonds is 2. The van der Waals surface area contributed by atoms with Crippen molar-refractivity contribution < 1.29 is 9.66 Å². The van der Waals surface area contributed by atoms with E-state index in [4.69, 9.17) is 16.3 Å². The minimum atomic E-state index is -0.464. The summed E-state index contributed by atoms with van der Waals surface area (Å²) in [5.74, 6) is 0.318. The van der Waals surface area contributed by atoms with Gasteiger partial charge in [0.2, 0.25) is 0 Å². The summed E-state index contributed by atoms with van der Waals surface area (Å²) in [5, 5.41) is 10.9. The van der Waals surface area contributed by atoms with Gasteiger partial charge in [0.05, 0.1) is 23.1 Å². The molecule has 0 spiro atoms. The number of hydrogen-bond acceptors (Lipinski definition) is 3. The van der Waals surface area contributed by atoms with E-state index in [1.165, 1.54) is 19.2 Å². The molecular weight excluding hydrogens is 194 g/mol. The van der Waals surface area contributed by atoms with Crippen molar-refractivity contribution in [2.45, 2.75) is 6.92 Å². The lowest BCUT2D eigenvalue weighted by molar-refractivity contribution is -0.385. The van der Waals surface area contributed by atoms with Crippen molar-refractivity contribution in [1.29, 1.82) is 0 Å². The highest BCUT2D eigenvalue weighted by molar-refractivity contribution is 6.32. The van der Waals surface area contributed by atoms with Crippen LogP contribution in [0.1, 0.15) is 5.56 Å². The van der Waals surface area contributed by atoms with Crippen LogP contribution in [-0.2, 0) is 0 Å². The van der Waals surface area contributed by atoms with Gasteiger partial charge in [-0.1, -0.05) is 11.6 Å². The van der Waals surface area contributed by atoms with Crippen molar-refractivity contribution >= 4 is 17.3 Å². The first-order valence-corrected chi connectivity index (χ1v) is 3.92. The van der Waals surface area contributed by atoms with Gasteiger partial charge in [-0.05, 0) is 13.0 Å². The normalized spacial score (nSPS) is 9.77. The monoisotopic (exact) mass is 201 g/mol. The van der Waals surface area contributed by atoms with Crippen LogP contribution in [0, 0.1) is 17.0 Å². The predicted molar refractivity (Wildman–Crippen MR) is 49.4 cm³/mol. The maximum Gasteiger partial charge on any atom is 0.276 e. The molecule has 0 unspecified atom stereocenters. The van der Waals surface area contributed by atoms with Crippen LogP contribution in [0.5, 0.6) is 5.75 Å². The number of halogens is 1. The standard InChI is InChI=1S/C8H8ClNO3/c1-5-3-6(9)8(13-2)4-7(5)10(11)12/h3-4H,1-2H3. The van der Waals surface area contributed by atoms with Crippen molar-refractivity contribution in [2.24, 2.45) is 0 Å². The lowest BCUT2D eigenvalue weighted by atomic mass is 10.2. The molecule has 0 aromatic heterocycles. The molecule has 0 saturated heterocycles. The zero-order valence-corrected chi connectivity index (χ0v) is 7.96. The Morgan fingerprint density at radius 1 is 1.54 bits per heavy atom. The number of nitrogens with zero attached hydrogens (tertiary/aromatic N) is 1. The van der Waals surface area contributed by atoms with Gasteiger partial charge in [0.15, 0.2) is 0 Å². The Balaban J connectivity index is 3.30. The van der Waals surface area contributed by atoms with E-state index < -0.39 is 4.92 Å². The van der Waals surface area contributed by atoms with Gasteiger partial charge in [-0.2, -0.15) is 0 Å². The Morgan fingerprint density at radius 3 is 2.62 bits per heavy atom. The van der Waals surface area contributed by atoms with Gasteiger partial charge >= 0.3 is 0 Å². The van der Waals surface area contributed by atoms with Crippen LogP contribution >= 0.6 is 11.6 Å². The number of ether oxygens (including phenoxy) is 1. The number of nitro groups is 1. The van der Waals surface area contributed by atoms with Crippen LogP contribution in [0.4, 0.5) is 5.69 Å². The van der Waals surface area contributed by atoms with Gasteiger partial charge in [-0.15, -0.1) is 0 Å². The Kier molecular flexibility index (Phi) is 2.72. The van der Waals surface area contributed by atoms with E-state index in [1.807, 2.05) is 0 Å². The van der Waals surface area contributed by atoms with E-state index in [-0.39, 0.29) is 5.69 Å². The number of aryl methyl sites for hydroxylation is 1. The summed E-state index contributed by atoms with van der Waals surface area (Å²) in [6, 6.07) is 2.83. The van der Waals surface area contributed by atoms with Gasteiger partial charge in [0.1, 0.15) is 5.75 Å². The molecule has 0 N–H and O–H groups in total. The predicted octanol–water partition coefficient (Wildman–Crippen LogP) is 2.57. The smallest absolute Gasteiger partial charge is 0.276 e. The number of benzene rings is 1. The van der Waals surface area contributed by atoms with Crippen LogP contribution in [0.15, 0.2) is 12.1 Å². The number of nitro benzene ring substituents is 1. The second-order valence-corrected chi connectivity index (χ2v) is 2.94. The van der Waals surface area contributed by atoms with Crippen molar-refractivity contribution in [2.75, 3.05) is 7.11 Å². The first-order chi connectivity index (χ1) is 6.06. The third-order valence-electron chi connectivity index (χ3n) is 1.67. The van der Waals surface area contributed by atoms with Gasteiger partial charge < -0.3 is 4.74 Å². The van der Waals surface area contributed by atoms with Crippen LogP contribution < -0.4 is 4.74 Å². The molecule has 0 saturated carbocycles. The minimum absolute atomic E-state index is 0.0150. The lowest BCUT2D eigenvalue weighted by Gasteiger charge is -2.03. The molecule has 0 heterocycles. The summed E-state index contributed by atoms with van der Waals surface area (Å²) < 4.78 is 4.85. The third-order valence-corrected chi connectivity index (χ3v) is 1.96. The van der Waals surface area contributed by atoms with Crippen LogP contribution in [0.2, 0.25) is 5.02 Å². The molecule has 1 rings (SSSR count). The molecule has 1 aromatic rings. The maximum absolute atomic E-state index is 10.5. The minimum Gasteiger partial charge on any atom is -0.495 e. The number of hydrogen-bond donors (Lipinski definition) is 0. The fourth-order valence-electron chi connectivity index (χ4n) is 0.995. The molecule has 0 aliphatic carbocycles. The van der Waals surface area contributed by atoms with Gasteiger partial charge in [0.25, 0.3) is 5.69 Å². The first kappa shape index (κ1) is 9.80. The third kappa shape index (κ3) is 1.89. The Bertz CT molecular complexity index is 351. The van der Waals surface area contributed by atoms with Crippen molar-refractivity contribution in [3.05, 3.63) is 32.8 Å². The average Bonchev–Trinajstić information content (AvgIpc) is 2.03. The molecule has 0 aliphatic rings.